The Morgan fingerprint density at radius 2 is 2.50 bits per heavy atom. The molecule has 0 spiro atoms. The van der Waals surface area contributed by atoms with Gasteiger partial charge in [0.05, 0.1) is 11.3 Å². The number of thioether (sulfide) groups is 1. The molecule has 0 aromatic carbocycles. The van der Waals surface area contributed by atoms with Crippen LogP contribution in [0.2, 0.25) is 0 Å². The molecule has 1 aromatic rings. The van der Waals surface area contributed by atoms with Gasteiger partial charge >= 0.3 is 5.97 Å². The lowest BCUT2D eigenvalue weighted by Crippen LogP contribution is -2.00. The van der Waals surface area contributed by atoms with Gasteiger partial charge in [0, 0.05) is 11.1 Å². The van der Waals surface area contributed by atoms with E-state index in [4.69, 9.17) is 10.4 Å². The molecule has 1 rings (SSSR count). The van der Waals surface area contributed by atoms with Crippen LogP contribution in [0.25, 0.3) is 0 Å². The van der Waals surface area contributed by atoms with E-state index in [2.05, 4.69) is 11.1 Å². The number of nitriles is 1. The number of hydrogen-bond acceptors (Lipinski definition) is 4. The molecule has 0 aliphatic carbocycles. The molecule has 0 fully saturated rings. The van der Waals surface area contributed by atoms with Crippen molar-refractivity contribution in [1.29, 1.82) is 5.26 Å². The Balaban J connectivity index is 2.85. The summed E-state index contributed by atoms with van der Waals surface area (Å²) < 4.78 is 0. The van der Waals surface area contributed by atoms with Crippen LogP contribution in [0.4, 0.5) is 0 Å². The molecule has 14 heavy (non-hydrogen) atoms. The second kappa shape index (κ2) is 4.63. The highest BCUT2D eigenvalue weighted by molar-refractivity contribution is 8.00. The van der Waals surface area contributed by atoms with Crippen LogP contribution < -0.4 is 0 Å². The van der Waals surface area contributed by atoms with E-state index in [1.807, 2.05) is 0 Å². The number of carbonyl (C=O) groups is 1. The van der Waals surface area contributed by atoms with Crippen LogP contribution in [0.3, 0.4) is 0 Å². The molecular weight excluding hydrogens is 200 g/mol. The highest BCUT2D eigenvalue weighted by Crippen LogP contribution is 2.22. The Labute approximate surface area is 85.6 Å². The second-order valence-electron chi connectivity index (χ2n) is 2.57. The van der Waals surface area contributed by atoms with Crippen molar-refractivity contribution in [1.82, 2.24) is 4.98 Å². The number of aromatic nitrogens is 1. The lowest BCUT2D eigenvalue weighted by Gasteiger charge is -2.02. The number of carboxylic acids is 1. The highest BCUT2D eigenvalue weighted by Gasteiger charge is 2.07. The lowest BCUT2D eigenvalue weighted by atomic mass is 10.3. The maximum atomic E-state index is 10.6. The zero-order valence-electron chi connectivity index (χ0n) is 7.47. The largest absolute Gasteiger partial charge is 0.477 e. The van der Waals surface area contributed by atoms with Crippen LogP contribution in [0.15, 0.2) is 23.2 Å². The monoisotopic (exact) mass is 208 g/mol. The first-order valence-corrected chi connectivity index (χ1v) is 4.77. The smallest absolute Gasteiger partial charge is 0.354 e. The Bertz CT molecular complexity index is 387. The van der Waals surface area contributed by atoms with Crippen molar-refractivity contribution in [2.75, 3.05) is 0 Å². The summed E-state index contributed by atoms with van der Waals surface area (Å²) in [5, 5.41) is 17.0. The average Bonchev–Trinajstić information content (AvgIpc) is 2.18. The zero-order chi connectivity index (χ0) is 10.6. The first kappa shape index (κ1) is 10.5. The minimum Gasteiger partial charge on any atom is -0.477 e. The van der Waals surface area contributed by atoms with Crippen molar-refractivity contribution >= 4 is 17.7 Å². The Morgan fingerprint density at radius 3 is 3.07 bits per heavy atom. The highest BCUT2D eigenvalue weighted by atomic mass is 32.2. The van der Waals surface area contributed by atoms with Crippen molar-refractivity contribution < 1.29 is 9.90 Å². The fourth-order valence-corrected chi connectivity index (χ4v) is 1.61. The van der Waals surface area contributed by atoms with Crippen LogP contribution in [-0.4, -0.2) is 21.3 Å². The number of nitrogens with zero attached hydrogens (tertiary/aromatic N) is 2. The third kappa shape index (κ3) is 2.75. The zero-order valence-corrected chi connectivity index (χ0v) is 8.28. The summed E-state index contributed by atoms with van der Waals surface area (Å²) in [7, 11) is 0. The molecule has 72 valence electrons. The predicted octanol–water partition coefficient (Wildman–Crippen LogP) is 1.78. The Kier molecular flexibility index (Phi) is 3.48. The van der Waals surface area contributed by atoms with Crippen LogP contribution in [0.5, 0.6) is 0 Å². The van der Waals surface area contributed by atoms with Gasteiger partial charge < -0.3 is 5.11 Å². The minimum atomic E-state index is -1.06. The van der Waals surface area contributed by atoms with Crippen molar-refractivity contribution in [3.05, 3.63) is 24.0 Å². The van der Waals surface area contributed by atoms with Crippen LogP contribution in [0.1, 0.15) is 17.4 Å². The predicted molar refractivity (Wildman–Crippen MR) is 52.1 cm³/mol. The maximum absolute atomic E-state index is 10.6. The molecule has 0 aliphatic heterocycles. The van der Waals surface area contributed by atoms with E-state index in [1.54, 1.807) is 13.0 Å². The van der Waals surface area contributed by atoms with Crippen molar-refractivity contribution in [2.45, 2.75) is 17.1 Å². The third-order valence-corrected chi connectivity index (χ3v) is 2.43. The van der Waals surface area contributed by atoms with Crippen molar-refractivity contribution in [3.63, 3.8) is 0 Å². The molecule has 0 aliphatic rings. The van der Waals surface area contributed by atoms with E-state index in [0.717, 1.165) is 4.90 Å². The molecule has 0 saturated heterocycles. The maximum Gasteiger partial charge on any atom is 0.354 e. The summed E-state index contributed by atoms with van der Waals surface area (Å²) in [4.78, 5) is 15.0. The van der Waals surface area contributed by atoms with Gasteiger partial charge in [-0.1, -0.05) is 0 Å². The van der Waals surface area contributed by atoms with Crippen molar-refractivity contribution in [3.8, 4) is 6.07 Å². The Hall–Kier alpha value is -1.54. The third-order valence-electron chi connectivity index (χ3n) is 1.45. The lowest BCUT2D eigenvalue weighted by molar-refractivity contribution is 0.0690. The summed E-state index contributed by atoms with van der Waals surface area (Å²) in [6.45, 7) is 1.76. The van der Waals surface area contributed by atoms with E-state index in [9.17, 15) is 4.79 Å². The number of aromatic carboxylic acids is 1. The van der Waals surface area contributed by atoms with Crippen LogP contribution >= 0.6 is 11.8 Å². The van der Waals surface area contributed by atoms with Crippen LogP contribution in [-0.2, 0) is 0 Å². The molecule has 0 amide bonds. The summed E-state index contributed by atoms with van der Waals surface area (Å²) >= 11 is 1.31. The van der Waals surface area contributed by atoms with Gasteiger partial charge in [-0.15, -0.1) is 11.8 Å². The fraction of sp³-hybridized carbons (Fsp3) is 0.222. The SMILES string of the molecule is CC(C#N)Sc1ccnc(C(=O)O)c1. The van der Waals surface area contributed by atoms with E-state index in [-0.39, 0.29) is 10.9 Å². The number of pyridine rings is 1. The molecule has 1 atom stereocenters. The van der Waals surface area contributed by atoms with Gasteiger partial charge in [-0.2, -0.15) is 5.26 Å². The average molecular weight is 208 g/mol. The normalized spacial score (nSPS) is 11.7. The van der Waals surface area contributed by atoms with Gasteiger partial charge in [0.25, 0.3) is 0 Å². The molecule has 1 aromatic heterocycles. The number of rotatable bonds is 3. The van der Waals surface area contributed by atoms with E-state index >= 15 is 0 Å². The number of carboxylic acid groups (broad SMARTS) is 1. The molecule has 1 unspecified atom stereocenters. The van der Waals surface area contributed by atoms with Crippen molar-refractivity contribution in [2.24, 2.45) is 0 Å². The van der Waals surface area contributed by atoms with Gasteiger partial charge in [-0.3, -0.25) is 0 Å². The van der Waals surface area contributed by atoms with Gasteiger partial charge in [-0.05, 0) is 19.1 Å². The summed E-state index contributed by atoms with van der Waals surface area (Å²) in [5.74, 6) is -1.06. The molecule has 0 bridgehead atoms. The molecule has 4 nitrogen and oxygen atoms in total. The minimum absolute atomic E-state index is 0.000129. The van der Waals surface area contributed by atoms with Gasteiger partial charge in [-0.25, -0.2) is 9.78 Å². The summed E-state index contributed by atoms with van der Waals surface area (Å²) in [6, 6.07) is 5.20. The topological polar surface area (TPSA) is 74.0 Å². The van der Waals surface area contributed by atoms with E-state index < -0.39 is 5.97 Å². The van der Waals surface area contributed by atoms with Crippen LogP contribution in [0, 0.1) is 11.3 Å². The first-order valence-electron chi connectivity index (χ1n) is 3.89. The summed E-state index contributed by atoms with van der Waals surface area (Å²) in [6.07, 6.45) is 1.43. The fourth-order valence-electron chi connectivity index (χ4n) is 0.832. The van der Waals surface area contributed by atoms with Gasteiger partial charge in [0.2, 0.25) is 0 Å². The standard InChI is InChI=1S/C9H8N2O2S/c1-6(5-10)14-7-2-3-11-8(4-7)9(12)13/h2-4,6H,1H3,(H,12,13). The molecule has 1 N–H and O–H groups in total. The molecule has 5 heteroatoms. The first-order chi connectivity index (χ1) is 6.63. The Morgan fingerprint density at radius 1 is 1.79 bits per heavy atom. The molecule has 0 radical (unpaired) electrons. The van der Waals surface area contributed by atoms with E-state index in [1.165, 1.54) is 24.0 Å². The second-order valence-corrected chi connectivity index (χ2v) is 3.99. The number of hydrogen-bond donors (Lipinski definition) is 1. The van der Waals surface area contributed by atoms with Gasteiger partial charge in [0.1, 0.15) is 5.69 Å². The van der Waals surface area contributed by atoms with Gasteiger partial charge in [0.15, 0.2) is 0 Å². The molecular formula is C9H8N2O2S. The summed E-state index contributed by atoms with van der Waals surface area (Å²) in [5.41, 5.74) is 0.000129. The molecule has 1 heterocycles. The quantitative estimate of drug-likeness (QED) is 0.766. The van der Waals surface area contributed by atoms with E-state index in [0.29, 0.717) is 0 Å². The molecule has 0 saturated carbocycles.